The second-order valence-electron chi connectivity index (χ2n) is 5.56. The summed E-state index contributed by atoms with van der Waals surface area (Å²) in [4.78, 5) is 25.6. The van der Waals surface area contributed by atoms with Crippen LogP contribution in [0, 0.1) is 0 Å². The Balaban J connectivity index is 2.21. The monoisotopic (exact) mass is 418 g/mol. The van der Waals surface area contributed by atoms with Crippen LogP contribution in [0.4, 0.5) is 0 Å². The van der Waals surface area contributed by atoms with Gasteiger partial charge in [0.05, 0.1) is 49.3 Å². The number of hydrogen-bond acceptors (Lipinski definition) is 8. The standard InChI is InChI=1S/C20H18O6S2/c1-23-15-9-14(18-12(6-8-28-18)20(22)26-4)16(24-2)10-13(15)17-11(5-7-27-17)19(21)25-3/h5-10H,1-4H3. The maximum absolute atomic E-state index is 12.1. The lowest BCUT2D eigenvalue weighted by atomic mass is 10.0. The van der Waals surface area contributed by atoms with Gasteiger partial charge in [0.2, 0.25) is 0 Å². The minimum atomic E-state index is -0.424. The van der Waals surface area contributed by atoms with Gasteiger partial charge in [-0.1, -0.05) is 0 Å². The first-order chi connectivity index (χ1) is 13.5. The highest BCUT2D eigenvalue weighted by molar-refractivity contribution is 7.14. The van der Waals surface area contributed by atoms with E-state index in [1.54, 1.807) is 38.5 Å². The summed E-state index contributed by atoms with van der Waals surface area (Å²) < 4.78 is 20.9. The number of carbonyl (C=O) groups excluding carboxylic acids is 2. The largest absolute Gasteiger partial charge is 0.496 e. The fourth-order valence-electron chi connectivity index (χ4n) is 2.83. The number of methoxy groups -OCH3 is 4. The van der Waals surface area contributed by atoms with Gasteiger partial charge in [-0.15, -0.1) is 22.7 Å². The van der Waals surface area contributed by atoms with Crippen LogP contribution in [0.15, 0.2) is 35.0 Å². The number of thiophene rings is 2. The van der Waals surface area contributed by atoms with Gasteiger partial charge in [-0.3, -0.25) is 0 Å². The smallest absolute Gasteiger partial charge is 0.339 e. The molecule has 0 aliphatic heterocycles. The van der Waals surface area contributed by atoms with Gasteiger partial charge < -0.3 is 18.9 Å². The van der Waals surface area contributed by atoms with Crippen LogP contribution in [-0.2, 0) is 9.47 Å². The maximum Gasteiger partial charge on any atom is 0.339 e. The summed E-state index contributed by atoms with van der Waals surface area (Å²) >= 11 is 2.80. The van der Waals surface area contributed by atoms with E-state index in [9.17, 15) is 9.59 Å². The van der Waals surface area contributed by atoms with Crippen LogP contribution in [-0.4, -0.2) is 40.4 Å². The zero-order valence-electron chi connectivity index (χ0n) is 15.7. The van der Waals surface area contributed by atoms with Crippen molar-refractivity contribution in [2.24, 2.45) is 0 Å². The molecule has 6 nitrogen and oxygen atoms in total. The second kappa shape index (κ2) is 8.45. The topological polar surface area (TPSA) is 71.1 Å². The molecule has 0 spiro atoms. The average molecular weight is 418 g/mol. The molecule has 1 aromatic carbocycles. The van der Waals surface area contributed by atoms with Crippen molar-refractivity contribution < 1.29 is 28.5 Å². The van der Waals surface area contributed by atoms with E-state index in [2.05, 4.69) is 0 Å². The van der Waals surface area contributed by atoms with Crippen LogP contribution in [0.1, 0.15) is 20.7 Å². The van der Waals surface area contributed by atoms with Crippen molar-refractivity contribution in [3.8, 4) is 32.4 Å². The van der Waals surface area contributed by atoms with Gasteiger partial charge in [-0.25, -0.2) is 9.59 Å². The highest BCUT2D eigenvalue weighted by Crippen LogP contribution is 2.45. The Kier molecular flexibility index (Phi) is 6.01. The van der Waals surface area contributed by atoms with E-state index in [0.717, 1.165) is 0 Å². The quantitative estimate of drug-likeness (QED) is 0.539. The summed E-state index contributed by atoms with van der Waals surface area (Å²) in [5.74, 6) is 0.250. The van der Waals surface area contributed by atoms with Gasteiger partial charge in [0.15, 0.2) is 0 Å². The molecule has 28 heavy (non-hydrogen) atoms. The molecule has 2 aromatic heterocycles. The molecule has 0 saturated heterocycles. The summed E-state index contributed by atoms with van der Waals surface area (Å²) in [7, 11) is 5.79. The lowest BCUT2D eigenvalue weighted by Crippen LogP contribution is -2.03. The molecule has 0 fully saturated rings. The van der Waals surface area contributed by atoms with Crippen molar-refractivity contribution in [2.45, 2.75) is 0 Å². The first-order valence-corrected chi connectivity index (χ1v) is 9.90. The van der Waals surface area contributed by atoms with Gasteiger partial charge in [0.1, 0.15) is 11.5 Å². The summed E-state index contributed by atoms with van der Waals surface area (Å²) in [6, 6.07) is 7.01. The van der Waals surface area contributed by atoms with E-state index in [0.29, 0.717) is 43.5 Å². The first kappa shape index (κ1) is 19.9. The first-order valence-electron chi connectivity index (χ1n) is 8.14. The van der Waals surface area contributed by atoms with Crippen LogP contribution in [0.3, 0.4) is 0 Å². The molecule has 8 heteroatoms. The normalized spacial score (nSPS) is 10.4. The molecule has 0 atom stereocenters. The third-order valence-electron chi connectivity index (χ3n) is 4.15. The molecule has 0 N–H and O–H groups in total. The van der Waals surface area contributed by atoms with Gasteiger partial charge in [-0.2, -0.15) is 0 Å². The number of ether oxygens (including phenoxy) is 4. The minimum Gasteiger partial charge on any atom is -0.496 e. The molecule has 0 bridgehead atoms. The molecule has 0 aliphatic rings. The lowest BCUT2D eigenvalue weighted by Gasteiger charge is -2.15. The molecule has 0 saturated carbocycles. The summed E-state index contributed by atoms with van der Waals surface area (Å²) in [5.41, 5.74) is 2.31. The van der Waals surface area contributed by atoms with Crippen LogP contribution < -0.4 is 9.47 Å². The molecule has 3 rings (SSSR count). The molecule has 0 radical (unpaired) electrons. The molecule has 146 valence electrons. The van der Waals surface area contributed by atoms with Crippen LogP contribution in [0.2, 0.25) is 0 Å². The van der Waals surface area contributed by atoms with Crippen LogP contribution >= 0.6 is 22.7 Å². The Labute approximate surface area is 170 Å². The third-order valence-corrected chi connectivity index (χ3v) is 6.05. The fourth-order valence-corrected chi connectivity index (χ4v) is 4.64. The lowest BCUT2D eigenvalue weighted by molar-refractivity contribution is 0.0593. The molecule has 2 heterocycles. The van der Waals surface area contributed by atoms with Gasteiger partial charge in [-0.05, 0) is 35.0 Å². The van der Waals surface area contributed by atoms with Crippen LogP contribution in [0.5, 0.6) is 11.5 Å². The number of rotatable bonds is 6. The summed E-state index contributed by atoms with van der Waals surface area (Å²) in [6.45, 7) is 0. The van der Waals surface area contributed by atoms with E-state index in [4.69, 9.17) is 18.9 Å². The minimum absolute atomic E-state index is 0.424. The second-order valence-corrected chi connectivity index (χ2v) is 7.39. The Hall–Kier alpha value is -2.84. The predicted octanol–water partition coefficient (Wildman–Crippen LogP) is 4.73. The maximum atomic E-state index is 12.1. The highest BCUT2D eigenvalue weighted by Gasteiger charge is 2.23. The van der Waals surface area contributed by atoms with Crippen molar-refractivity contribution in [3.63, 3.8) is 0 Å². The third kappa shape index (κ3) is 3.48. The zero-order valence-corrected chi connectivity index (χ0v) is 17.4. The van der Waals surface area contributed by atoms with E-state index in [1.807, 2.05) is 10.8 Å². The molecule has 0 unspecified atom stereocenters. The molecule has 0 aliphatic carbocycles. The van der Waals surface area contributed by atoms with Gasteiger partial charge in [0, 0.05) is 11.1 Å². The Bertz CT molecular complexity index is 936. The highest BCUT2D eigenvalue weighted by atomic mass is 32.1. The zero-order chi connectivity index (χ0) is 20.3. The van der Waals surface area contributed by atoms with Crippen molar-refractivity contribution in [3.05, 3.63) is 46.2 Å². The summed E-state index contributed by atoms with van der Waals surface area (Å²) in [5, 5.41) is 3.63. The molecule has 0 amide bonds. The fraction of sp³-hybridized carbons (Fsp3) is 0.200. The van der Waals surface area contributed by atoms with Crippen molar-refractivity contribution in [1.82, 2.24) is 0 Å². The van der Waals surface area contributed by atoms with E-state index < -0.39 is 11.9 Å². The van der Waals surface area contributed by atoms with Gasteiger partial charge in [0.25, 0.3) is 0 Å². The molecular formula is C20H18O6S2. The van der Waals surface area contributed by atoms with Crippen LogP contribution in [0.25, 0.3) is 20.9 Å². The van der Waals surface area contributed by atoms with Gasteiger partial charge >= 0.3 is 11.9 Å². The van der Waals surface area contributed by atoms with E-state index >= 15 is 0 Å². The van der Waals surface area contributed by atoms with E-state index in [1.165, 1.54) is 36.9 Å². The van der Waals surface area contributed by atoms with E-state index in [-0.39, 0.29) is 0 Å². The van der Waals surface area contributed by atoms with Crippen molar-refractivity contribution >= 4 is 34.6 Å². The Morgan fingerprint density at radius 2 is 1.11 bits per heavy atom. The number of benzene rings is 1. The Morgan fingerprint density at radius 3 is 1.43 bits per heavy atom. The van der Waals surface area contributed by atoms with Crippen molar-refractivity contribution in [2.75, 3.05) is 28.4 Å². The molecular weight excluding hydrogens is 400 g/mol. The predicted molar refractivity (Wildman–Crippen MR) is 109 cm³/mol. The Morgan fingerprint density at radius 1 is 0.714 bits per heavy atom. The number of carbonyl (C=O) groups is 2. The number of esters is 2. The number of hydrogen-bond donors (Lipinski definition) is 0. The van der Waals surface area contributed by atoms with Crippen molar-refractivity contribution in [1.29, 1.82) is 0 Å². The average Bonchev–Trinajstić information content (AvgIpc) is 3.41. The SMILES string of the molecule is COC(=O)c1ccsc1-c1cc(OC)c(-c2sccc2C(=O)OC)cc1OC. The molecule has 3 aromatic rings. The summed E-state index contributed by atoms with van der Waals surface area (Å²) in [6.07, 6.45) is 0.